The summed E-state index contributed by atoms with van der Waals surface area (Å²) in [6.07, 6.45) is -5.34. The molecule has 0 saturated carbocycles. The predicted molar refractivity (Wildman–Crippen MR) is 75.5 cm³/mol. The van der Waals surface area contributed by atoms with E-state index in [2.05, 4.69) is 4.74 Å². The Balaban J connectivity index is 2.55. The molecule has 134 valence electrons. The fourth-order valence-corrected chi connectivity index (χ4v) is 2.43. The first-order valence-electron chi connectivity index (χ1n) is 6.80. The summed E-state index contributed by atoms with van der Waals surface area (Å²) in [5, 5.41) is 3.45. The second-order valence-corrected chi connectivity index (χ2v) is 5.15. The number of carbonyl (C=O) groups excluding carboxylic acids is 3. The van der Waals surface area contributed by atoms with E-state index in [9.17, 15) is 31.9 Å². The Bertz CT molecular complexity index is 771. The maximum absolute atomic E-state index is 13.7. The van der Waals surface area contributed by atoms with Crippen LogP contribution in [-0.2, 0) is 14.3 Å². The van der Waals surface area contributed by atoms with Crippen LogP contribution < -0.4 is 10.6 Å². The monoisotopic (exact) mass is 360 g/mol. The molecule has 6 nitrogen and oxygen atoms in total. The van der Waals surface area contributed by atoms with Crippen molar-refractivity contribution in [1.82, 2.24) is 10.6 Å². The lowest BCUT2D eigenvalue weighted by Crippen LogP contribution is -2.66. The lowest BCUT2D eigenvalue weighted by molar-refractivity contribution is -0.188. The number of rotatable bonds is 3. The highest BCUT2D eigenvalue weighted by Crippen LogP contribution is 2.41. The summed E-state index contributed by atoms with van der Waals surface area (Å²) >= 11 is 0. The maximum atomic E-state index is 13.7. The van der Waals surface area contributed by atoms with E-state index < -0.39 is 46.6 Å². The molecule has 0 fully saturated rings. The zero-order chi connectivity index (χ0) is 19.0. The van der Waals surface area contributed by atoms with Gasteiger partial charge in [0.15, 0.2) is 0 Å². The fraction of sp³-hybridized carbons (Fsp3) is 0.267. The molecule has 1 aromatic carbocycles. The summed E-state index contributed by atoms with van der Waals surface area (Å²) in [6, 6.07) is 3.62. The Morgan fingerprint density at radius 2 is 1.76 bits per heavy atom. The highest BCUT2D eigenvalue weighted by molar-refractivity contribution is 6.11. The summed E-state index contributed by atoms with van der Waals surface area (Å²) in [6.45, 7) is 1.07. The van der Waals surface area contributed by atoms with Crippen molar-refractivity contribution in [2.45, 2.75) is 18.6 Å². The number of nitrogens with one attached hydrogen (secondary N) is 2. The fourth-order valence-electron chi connectivity index (χ4n) is 2.43. The first-order chi connectivity index (χ1) is 11.5. The number of benzene rings is 1. The molecule has 1 aliphatic rings. The third kappa shape index (κ3) is 2.94. The van der Waals surface area contributed by atoms with E-state index in [0.717, 1.165) is 38.3 Å². The molecule has 0 bridgehead atoms. The Kier molecular flexibility index (Phi) is 4.56. The van der Waals surface area contributed by atoms with Gasteiger partial charge in [0, 0.05) is 11.3 Å². The van der Waals surface area contributed by atoms with Gasteiger partial charge in [0.1, 0.15) is 11.4 Å². The molecule has 1 aromatic rings. The van der Waals surface area contributed by atoms with Crippen molar-refractivity contribution in [3.63, 3.8) is 0 Å². The van der Waals surface area contributed by atoms with Gasteiger partial charge >= 0.3 is 12.1 Å². The van der Waals surface area contributed by atoms with Crippen LogP contribution in [-0.4, -0.2) is 36.6 Å². The minimum absolute atomic E-state index is 0.327. The number of alkyl halides is 3. The molecule has 0 aliphatic carbocycles. The number of hydrogen-bond donors (Lipinski definition) is 2. The van der Waals surface area contributed by atoms with Crippen LogP contribution in [0.25, 0.3) is 0 Å². The van der Waals surface area contributed by atoms with Crippen molar-refractivity contribution in [3.05, 3.63) is 46.9 Å². The van der Waals surface area contributed by atoms with E-state index >= 15 is 0 Å². The van der Waals surface area contributed by atoms with Crippen molar-refractivity contribution >= 4 is 17.8 Å². The summed E-state index contributed by atoms with van der Waals surface area (Å²) in [5.41, 5.74) is -5.40. The topological polar surface area (TPSA) is 84.5 Å². The minimum Gasteiger partial charge on any atom is -0.466 e. The lowest BCUT2D eigenvalue weighted by atomic mass is 9.89. The van der Waals surface area contributed by atoms with Crippen LogP contribution in [0.15, 0.2) is 35.5 Å². The standard InChI is InChI=1S/C15H12F4N2O4/c1-7-10(12(23)25-2)14(13(24)20-7,15(17,18)19)21-11(22)8-3-5-9(16)6-4-8/h3-6H,1-2H3,(H,20,24)(H,21,22). The minimum atomic E-state index is -5.34. The van der Waals surface area contributed by atoms with Gasteiger partial charge in [-0.1, -0.05) is 0 Å². The molecule has 10 heteroatoms. The van der Waals surface area contributed by atoms with Crippen LogP contribution in [0.1, 0.15) is 17.3 Å². The molecule has 0 spiro atoms. The number of halogens is 4. The predicted octanol–water partition coefficient (Wildman–Crippen LogP) is 1.43. The molecule has 1 aliphatic heterocycles. The smallest absolute Gasteiger partial charge is 0.425 e. The third-order valence-electron chi connectivity index (χ3n) is 3.61. The zero-order valence-electron chi connectivity index (χ0n) is 13.0. The number of esters is 1. The molecule has 1 heterocycles. The van der Waals surface area contributed by atoms with Gasteiger partial charge in [-0.05, 0) is 31.2 Å². The van der Waals surface area contributed by atoms with Crippen molar-refractivity contribution in [3.8, 4) is 0 Å². The molecule has 2 rings (SSSR count). The average Bonchev–Trinajstić information content (AvgIpc) is 2.78. The van der Waals surface area contributed by atoms with Crippen LogP contribution in [0.4, 0.5) is 17.6 Å². The number of hydrogen-bond acceptors (Lipinski definition) is 4. The molecule has 25 heavy (non-hydrogen) atoms. The number of amides is 2. The summed E-state index contributed by atoms with van der Waals surface area (Å²) < 4.78 is 58.5. The van der Waals surface area contributed by atoms with E-state index in [-0.39, 0.29) is 5.56 Å². The van der Waals surface area contributed by atoms with Crippen molar-refractivity contribution in [2.24, 2.45) is 0 Å². The molecule has 0 saturated heterocycles. The van der Waals surface area contributed by atoms with Crippen molar-refractivity contribution in [2.75, 3.05) is 7.11 Å². The van der Waals surface area contributed by atoms with Crippen molar-refractivity contribution < 1.29 is 36.7 Å². The van der Waals surface area contributed by atoms with Crippen LogP contribution in [0.3, 0.4) is 0 Å². The highest BCUT2D eigenvalue weighted by Gasteiger charge is 2.69. The molecular formula is C15H12F4N2O4. The molecule has 2 amide bonds. The molecule has 1 atom stereocenters. The van der Waals surface area contributed by atoms with Crippen LogP contribution in [0.5, 0.6) is 0 Å². The largest absolute Gasteiger partial charge is 0.466 e. The Morgan fingerprint density at radius 1 is 1.20 bits per heavy atom. The van der Waals surface area contributed by atoms with Gasteiger partial charge in [-0.2, -0.15) is 13.2 Å². The second kappa shape index (κ2) is 6.19. The quantitative estimate of drug-likeness (QED) is 0.631. The van der Waals surface area contributed by atoms with Gasteiger partial charge in [-0.25, -0.2) is 9.18 Å². The number of ether oxygens (including phenoxy) is 1. The zero-order valence-corrected chi connectivity index (χ0v) is 13.0. The lowest BCUT2D eigenvalue weighted by Gasteiger charge is -2.31. The van der Waals surface area contributed by atoms with Gasteiger partial charge < -0.3 is 15.4 Å². The second-order valence-electron chi connectivity index (χ2n) is 5.15. The third-order valence-corrected chi connectivity index (χ3v) is 3.61. The van der Waals surface area contributed by atoms with Gasteiger partial charge in [-0.15, -0.1) is 0 Å². The first-order valence-corrected chi connectivity index (χ1v) is 6.80. The van der Waals surface area contributed by atoms with Crippen LogP contribution in [0.2, 0.25) is 0 Å². The summed E-state index contributed by atoms with van der Waals surface area (Å²) in [7, 11) is 0.842. The summed E-state index contributed by atoms with van der Waals surface area (Å²) in [4.78, 5) is 36.1. The number of carbonyl (C=O) groups is 3. The van der Waals surface area contributed by atoms with Crippen molar-refractivity contribution in [1.29, 1.82) is 0 Å². The van der Waals surface area contributed by atoms with E-state index in [0.29, 0.717) is 0 Å². The Labute approximate surface area is 138 Å². The molecule has 0 aromatic heterocycles. The van der Waals surface area contributed by atoms with Gasteiger partial charge in [0.2, 0.25) is 5.54 Å². The number of allylic oxidation sites excluding steroid dienone is 1. The van der Waals surface area contributed by atoms with E-state index in [1.807, 2.05) is 5.32 Å². The van der Waals surface area contributed by atoms with E-state index in [1.54, 1.807) is 5.32 Å². The molecule has 1 unspecified atom stereocenters. The first kappa shape index (κ1) is 18.4. The maximum Gasteiger partial charge on any atom is 0.425 e. The Hall–Kier alpha value is -2.91. The van der Waals surface area contributed by atoms with Gasteiger partial charge in [-0.3, -0.25) is 9.59 Å². The highest BCUT2D eigenvalue weighted by atomic mass is 19.4. The Morgan fingerprint density at radius 3 is 2.24 bits per heavy atom. The number of methoxy groups -OCH3 is 1. The van der Waals surface area contributed by atoms with Crippen LogP contribution in [0, 0.1) is 5.82 Å². The van der Waals surface area contributed by atoms with Gasteiger partial charge in [0.05, 0.1) is 7.11 Å². The molecular weight excluding hydrogens is 348 g/mol. The van der Waals surface area contributed by atoms with E-state index in [1.165, 1.54) is 0 Å². The summed E-state index contributed by atoms with van der Waals surface area (Å²) in [5.74, 6) is -5.09. The normalized spacial score (nSPS) is 20.3. The van der Waals surface area contributed by atoms with E-state index in [4.69, 9.17) is 0 Å². The average molecular weight is 360 g/mol. The molecule has 2 N–H and O–H groups in total. The van der Waals surface area contributed by atoms with Gasteiger partial charge in [0.25, 0.3) is 11.8 Å². The SMILES string of the molecule is COC(=O)C1=C(C)NC(=O)C1(NC(=O)c1ccc(F)cc1)C(F)(F)F. The molecule has 0 radical (unpaired) electrons. The van der Waals surface area contributed by atoms with Crippen LogP contribution >= 0.6 is 0 Å².